The Bertz CT molecular complexity index is 978. The summed E-state index contributed by atoms with van der Waals surface area (Å²) in [6.45, 7) is 6.41. The van der Waals surface area contributed by atoms with Crippen molar-refractivity contribution in [1.29, 1.82) is 0 Å². The minimum Gasteiger partial charge on any atom is -0.353 e. The van der Waals surface area contributed by atoms with Gasteiger partial charge in [-0.1, -0.05) is 17.7 Å². The molecule has 2 unspecified atom stereocenters. The van der Waals surface area contributed by atoms with Crippen LogP contribution in [0.3, 0.4) is 0 Å². The molecule has 1 saturated heterocycles. The number of carbonyl (C=O) groups excluding carboxylic acids is 1. The molecule has 30 heavy (non-hydrogen) atoms. The molecule has 1 aliphatic heterocycles. The quantitative estimate of drug-likeness (QED) is 0.705. The summed E-state index contributed by atoms with van der Waals surface area (Å²) >= 11 is 1.62. The molecule has 0 spiro atoms. The van der Waals surface area contributed by atoms with Gasteiger partial charge in [0, 0.05) is 13.1 Å². The third-order valence-corrected chi connectivity index (χ3v) is 8.61. The van der Waals surface area contributed by atoms with Crippen molar-refractivity contribution in [2.24, 2.45) is 0 Å². The van der Waals surface area contributed by atoms with Gasteiger partial charge in [0.2, 0.25) is 15.9 Å². The SMILES string of the molecule is Cc1cc(C)c(S(=O)(=O)N2CCCC2C(=O)NCC(c2ccsc2)N(C)C)c(C)c1. The molecule has 0 aliphatic carbocycles. The Hall–Kier alpha value is -1.74. The van der Waals surface area contributed by atoms with Gasteiger partial charge >= 0.3 is 0 Å². The van der Waals surface area contributed by atoms with Crippen molar-refractivity contribution in [1.82, 2.24) is 14.5 Å². The zero-order valence-corrected chi connectivity index (χ0v) is 19.9. The number of aryl methyl sites for hydroxylation is 3. The van der Waals surface area contributed by atoms with Gasteiger partial charge in [0.25, 0.3) is 0 Å². The fourth-order valence-electron chi connectivity index (χ4n) is 4.36. The number of nitrogens with one attached hydrogen (secondary N) is 1. The molecular formula is C22H31N3O3S2. The van der Waals surface area contributed by atoms with Crippen molar-refractivity contribution in [3.05, 3.63) is 51.2 Å². The van der Waals surface area contributed by atoms with Crippen molar-refractivity contribution < 1.29 is 13.2 Å². The van der Waals surface area contributed by atoms with Crippen molar-refractivity contribution in [2.75, 3.05) is 27.2 Å². The van der Waals surface area contributed by atoms with E-state index in [-0.39, 0.29) is 11.9 Å². The molecule has 1 amide bonds. The van der Waals surface area contributed by atoms with E-state index in [4.69, 9.17) is 0 Å². The minimum absolute atomic E-state index is 0.0493. The first kappa shape index (κ1) is 22.9. The highest BCUT2D eigenvalue weighted by Gasteiger charge is 2.40. The Morgan fingerprint density at radius 3 is 2.50 bits per heavy atom. The summed E-state index contributed by atoms with van der Waals surface area (Å²) in [5.74, 6) is -0.222. The van der Waals surface area contributed by atoms with Crippen LogP contribution in [0.2, 0.25) is 0 Å². The van der Waals surface area contributed by atoms with E-state index in [0.717, 1.165) is 22.3 Å². The van der Waals surface area contributed by atoms with E-state index in [0.29, 0.717) is 30.8 Å². The average molecular weight is 450 g/mol. The van der Waals surface area contributed by atoms with Crippen LogP contribution in [0.25, 0.3) is 0 Å². The number of rotatable bonds is 7. The number of amides is 1. The number of hydrogen-bond acceptors (Lipinski definition) is 5. The first-order valence-electron chi connectivity index (χ1n) is 10.2. The number of hydrogen-bond donors (Lipinski definition) is 1. The van der Waals surface area contributed by atoms with Gasteiger partial charge in [-0.15, -0.1) is 0 Å². The fourth-order valence-corrected chi connectivity index (χ4v) is 7.14. The molecular weight excluding hydrogens is 418 g/mol. The zero-order valence-electron chi connectivity index (χ0n) is 18.3. The molecule has 0 radical (unpaired) electrons. The van der Waals surface area contributed by atoms with E-state index in [9.17, 15) is 13.2 Å². The Morgan fingerprint density at radius 1 is 1.27 bits per heavy atom. The maximum atomic E-state index is 13.5. The maximum absolute atomic E-state index is 13.5. The predicted octanol–water partition coefficient (Wildman–Crippen LogP) is 3.25. The molecule has 0 saturated carbocycles. The molecule has 1 N–H and O–H groups in total. The number of thiophene rings is 1. The molecule has 0 bridgehead atoms. The summed E-state index contributed by atoms with van der Waals surface area (Å²) in [5, 5.41) is 7.10. The summed E-state index contributed by atoms with van der Waals surface area (Å²) in [6, 6.07) is 5.20. The van der Waals surface area contributed by atoms with Crippen molar-refractivity contribution in [3.8, 4) is 0 Å². The van der Waals surface area contributed by atoms with Gasteiger partial charge < -0.3 is 10.2 Å². The normalized spacial score (nSPS) is 18.7. The number of sulfonamides is 1. The Balaban J connectivity index is 1.79. The van der Waals surface area contributed by atoms with Crippen LogP contribution in [0.5, 0.6) is 0 Å². The number of benzene rings is 1. The second-order valence-corrected chi connectivity index (χ2v) is 10.9. The largest absolute Gasteiger partial charge is 0.353 e. The first-order valence-corrected chi connectivity index (χ1v) is 12.6. The fraction of sp³-hybridized carbons (Fsp3) is 0.500. The predicted molar refractivity (Wildman–Crippen MR) is 121 cm³/mol. The smallest absolute Gasteiger partial charge is 0.244 e. The minimum atomic E-state index is -3.75. The molecule has 164 valence electrons. The van der Waals surface area contributed by atoms with Gasteiger partial charge in [-0.05, 0) is 81.2 Å². The van der Waals surface area contributed by atoms with Crippen LogP contribution in [0.15, 0.2) is 33.9 Å². The summed E-state index contributed by atoms with van der Waals surface area (Å²) in [5.41, 5.74) is 3.63. The molecule has 2 heterocycles. The van der Waals surface area contributed by atoms with Gasteiger partial charge in [0.15, 0.2) is 0 Å². The third-order valence-electron chi connectivity index (χ3n) is 5.70. The van der Waals surface area contributed by atoms with Crippen molar-refractivity contribution in [3.63, 3.8) is 0 Å². The van der Waals surface area contributed by atoms with Gasteiger partial charge in [-0.3, -0.25) is 4.79 Å². The molecule has 1 fully saturated rings. The maximum Gasteiger partial charge on any atom is 0.244 e. The summed E-state index contributed by atoms with van der Waals surface area (Å²) in [7, 11) is 0.207. The molecule has 1 aliphatic rings. The van der Waals surface area contributed by atoms with Gasteiger partial charge in [-0.2, -0.15) is 15.6 Å². The van der Waals surface area contributed by atoms with Crippen LogP contribution in [-0.2, 0) is 14.8 Å². The number of nitrogens with zero attached hydrogens (tertiary/aromatic N) is 2. The number of carbonyl (C=O) groups is 1. The lowest BCUT2D eigenvalue weighted by Crippen LogP contribution is -2.47. The summed E-state index contributed by atoms with van der Waals surface area (Å²) < 4.78 is 28.3. The van der Waals surface area contributed by atoms with Crippen LogP contribution in [-0.4, -0.2) is 56.8 Å². The topological polar surface area (TPSA) is 69.7 Å². The van der Waals surface area contributed by atoms with E-state index in [1.807, 2.05) is 52.4 Å². The molecule has 1 aromatic heterocycles. The van der Waals surface area contributed by atoms with E-state index in [1.54, 1.807) is 11.3 Å². The highest BCUT2D eigenvalue weighted by molar-refractivity contribution is 7.89. The highest BCUT2D eigenvalue weighted by Crippen LogP contribution is 2.31. The highest BCUT2D eigenvalue weighted by atomic mass is 32.2. The number of likely N-dealkylation sites (N-methyl/N-ethyl adjacent to an activating group) is 1. The van der Waals surface area contributed by atoms with E-state index < -0.39 is 16.1 Å². The summed E-state index contributed by atoms with van der Waals surface area (Å²) in [4.78, 5) is 15.4. The lowest BCUT2D eigenvalue weighted by atomic mass is 10.1. The average Bonchev–Trinajstić information content (AvgIpc) is 3.32. The molecule has 3 rings (SSSR count). The standard InChI is InChI=1S/C22H31N3O3S2/c1-15-11-16(2)21(17(3)12-15)30(27,28)25-9-6-7-19(25)22(26)23-13-20(24(4)5)18-8-10-29-14-18/h8,10-12,14,19-20H,6-7,9,13H2,1-5H3,(H,23,26). The molecule has 1 aromatic carbocycles. The zero-order chi connectivity index (χ0) is 22.1. The monoisotopic (exact) mass is 449 g/mol. The Kier molecular flexibility index (Phi) is 7.02. The van der Waals surface area contributed by atoms with E-state index >= 15 is 0 Å². The second-order valence-electron chi connectivity index (χ2n) is 8.28. The lowest BCUT2D eigenvalue weighted by molar-refractivity contribution is -0.124. The lowest BCUT2D eigenvalue weighted by Gasteiger charge is -2.28. The van der Waals surface area contributed by atoms with E-state index in [2.05, 4.69) is 21.7 Å². The second kappa shape index (κ2) is 9.18. The molecule has 6 nitrogen and oxygen atoms in total. The van der Waals surface area contributed by atoms with Gasteiger partial charge in [0.1, 0.15) is 6.04 Å². The van der Waals surface area contributed by atoms with Crippen LogP contribution in [0.1, 0.15) is 41.1 Å². The van der Waals surface area contributed by atoms with Crippen molar-refractivity contribution in [2.45, 2.75) is 50.6 Å². The Labute approximate surface area is 183 Å². The van der Waals surface area contributed by atoms with E-state index in [1.165, 1.54) is 4.31 Å². The molecule has 8 heteroatoms. The molecule has 2 atom stereocenters. The molecule has 2 aromatic rings. The first-order chi connectivity index (χ1) is 14.1. The van der Waals surface area contributed by atoms with Crippen LogP contribution in [0, 0.1) is 20.8 Å². The van der Waals surface area contributed by atoms with Crippen molar-refractivity contribution >= 4 is 27.3 Å². The van der Waals surface area contributed by atoms with Gasteiger partial charge in [-0.25, -0.2) is 8.42 Å². The van der Waals surface area contributed by atoms with Gasteiger partial charge in [0.05, 0.1) is 10.9 Å². The third kappa shape index (κ3) is 4.61. The van der Waals surface area contributed by atoms with Crippen LogP contribution >= 0.6 is 11.3 Å². The summed E-state index contributed by atoms with van der Waals surface area (Å²) in [6.07, 6.45) is 1.23. The Morgan fingerprint density at radius 2 is 1.93 bits per heavy atom. The van der Waals surface area contributed by atoms with Crippen LogP contribution in [0.4, 0.5) is 0 Å². The van der Waals surface area contributed by atoms with Crippen LogP contribution < -0.4 is 5.32 Å².